The van der Waals surface area contributed by atoms with Gasteiger partial charge in [0.25, 0.3) is 5.91 Å². The van der Waals surface area contributed by atoms with Gasteiger partial charge >= 0.3 is 11.7 Å². The fourth-order valence-electron chi connectivity index (χ4n) is 4.87. The van der Waals surface area contributed by atoms with Crippen LogP contribution in [0.3, 0.4) is 0 Å². The Labute approximate surface area is 186 Å². The number of ether oxygens (including phenoxy) is 1. The van der Waals surface area contributed by atoms with Gasteiger partial charge in [0.1, 0.15) is 5.60 Å². The molecule has 1 N–H and O–H groups in total. The number of benzene rings is 2. The topological polar surface area (TPSA) is 84.4 Å². The second-order valence-corrected chi connectivity index (χ2v) is 9.33. The number of piperidine rings is 1. The zero-order valence-corrected chi connectivity index (χ0v) is 18.6. The van der Waals surface area contributed by atoms with Gasteiger partial charge in [0, 0.05) is 45.0 Å². The maximum atomic E-state index is 13.1. The first kappa shape index (κ1) is 20.5. The highest BCUT2D eigenvalue weighted by Crippen LogP contribution is 2.37. The van der Waals surface area contributed by atoms with Gasteiger partial charge in [0.15, 0.2) is 0 Å². The van der Waals surface area contributed by atoms with Crippen molar-refractivity contribution in [2.24, 2.45) is 7.05 Å². The predicted molar refractivity (Wildman–Crippen MR) is 121 cm³/mol. The molecule has 0 unspecified atom stereocenters. The fraction of sp³-hybridized carbons (Fsp3) is 0.400. The van der Waals surface area contributed by atoms with Crippen LogP contribution in [0.5, 0.6) is 0 Å². The molecule has 3 heterocycles. The van der Waals surface area contributed by atoms with E-state index in [9.17, 15) is 14.4 Å². The molecular formula is C25H27N3O4. The molecule has 2 aromatic carbocycles. The number of fused-ring (bicyclic) bond motifs is 2. The van der Waals surface area contributed by atoms with Crippen LogP contribution in [-0.2, 0) is 18.2 Å². The van der Waals surface area contributed by atoms with Crippen LogP contribution in [0.15, 0.2) is 41.2 Å². The van der Waals surface area contributed by atoms with E-state index in [1.165, 1.54) is 4.57 Å². The molecule has 3 aromatic rings. The van der Waals surface area contributed by atoms with Gasteiger partial charge in [-0.2, -0.15) is 0 Å². The minimum Gasteiger partial charge on any atom is -0.455 e. The number of carbonyl (C=O) groups excluding carboxylic acids is 2. The number of esters is 1. The summed E-state index contributed by atoms with van der Waals surface area (Å²) in [4.78, 5) is 42.3. The van der Waals surface area contributed by atoms with Crippen molar-refractivity contribution in [3.05, 3.63) is 69.1 Å². The number of aromatic amines is 1. The Kier molecular flexibility index (Phi) is 4.73. The van der Waals surface area contributed by atoms with Crippen molar-refractivity contribution in [1.29, 1.82) is 0 Å². The van der Waals surface area contributed by atoms with Crippen molar-refractivity contribution in [2.45, 2.75) is 44.6 Å². The van der Waals surface area contributed by atoms with Crippen molar-refractivity contribution in [2.75, 3.05) is 13.1 Å². The number of nitrogens with one attached hydrogen (secondary N) is 1. The van der Waals surface area contributed by atoms with E-state index in [1.807, 2.05) is 11.0 Å². The SMILES string of the molecule is CC(C)c1ccc2c(c1)C(=O)OC1(CCN(C(=O)c3ccc4[nH]c(=O)n(C)c4c3)CC1)C2. The van der Waals surface area contributed by atoms with Crippen molar-refractivity contribution < 1.29 is 14.3 Å². The van der Waals surface area contributed by atoms with E-state index < -0.39 is 5.60 Å². The Morgan fingerprint density at radius 3 is 2.56 bits per heavy atom. The summed E-state index contributed by atoms with van der Waals surface area (Å²) in [6.45, 7) is 5.26. The number of carbonyl (C=O) groups is 2. The van der Waals surface area contributed by atoms with E-state index >= 15 is 0 Å². The Bertz CT molecular complexity index is 1290. The highest BCUT2D eigenvalue weighted by atomic mass is 16.6. The second kappa shape index (κ2) is 7.36. The van der Waals surface area contributed by atoms with Crippen molar-refractivity contribution in [1.82, 2.24) is 14.5 Å². The lowest BCUT2D eigenvalue weighted by Gasteiger charge is -2.43. The molecule has 1 saturated heterocycles. The standard InChI is InChI=1S/C25H27N3O4/c1-15(2)16-4-5-18-14-25(32-23(30)19(18)12-16)8-10-28(11-9-25)22(29)17-6-7-20-21(13-17)27(3)24(31)26-20/h4-7,12-13,15H,8-11,14H2,1-3H3,(H,26,31). The molecule has 1 amide bonds. The van der Waals surface area contributed by atoms with Crippen LogP contribution < -0.4 is 5.69 Å². The second-order valence-electron chi connectivity index (χ2n) is 9.33. The number of nitrogens with zero attached hydrogens (tertiary/aromatic N) is 2. The Hall–Kier alpha value is -3.35. The minimum absolute atomic E-state index is 0.0699. The van der Waals surface area contributed by atoms with Gasteiger partial charge < -0.3 is 14.6 Å². The van der Waals surface area contributed by atoms with Crippen LogP contribution in [0.2, 0.25) is 0 Å². The number of hydrogen-bond donors (Lipinski definition) is 1. The summed E-state index contributed by atoms with van der Waals surface area (Å²) in [7, 11) is 1.68. The van der Waals surface area contributed by atoms with E-state index in [-0.39, 0.29) is 17.6 Å². The lowest BCUT2D eigenvalue weighted by molar-refractivity contribution is -0.0527. The van der Waals surface area contributed by atoms with Gasteiger partial charge in [0.2, 0.25) is 0 Å². The average Bonchev–Trinajstić information content (AvgIpc) is 3.06. The number of imidazole rings is 1. The molecule has 1 aromatic heterocycles. The monoisotopic (exact) mass is 433 g/mol. The molecule has 0 aliphatic carbocycles. The predicted octanol–water partition coefficient (Wildman–Crippen LogP) is 3.38. The molecule has 0 radical (unpaired) electrons. The summed E-state index contributed by atoms with van der Waals surface area (Å²) in [6, 6.07) is 11.4. The summed E-state index contributed by atoms with van der Waals surface area (Å²) in [6.07, 6.45) is 1.91. The number of hydrogen-bond acceptors (Lipinski definition) is 4. The fourth-order valence-corrected chi connectivity index (χ4v) is 4.87. The number of aryl methyl sites for hydroxylation is 1. The van der Waals surface area contributed by atoms with E-state index in [2.05, 4.69) is 31.0 Å². The van der Waals surface area contributed by atoms with Crippen molar-refractivity contribution >= 4 is 22.9 Å². The number of amides is 1. The highest BCUT2D eigenvalue weighted by Gasteiger charge is 2.43. The zero-order valence-electron chi connectivity index (χ0n) is 18.6. The number of aromatic nitrogens is 2. The van der Waals surface area contributed by atoms with Crippen LogP contribution >= 0.6 is 0 Å². The van der Waals surface area contributed by atoms with Crippen LogP contribution in [0.25, 0.3) is 11.0 Å². The van der Waals surface area contributed by atoms with Crippen LogP contribution in [0.4, 0.5) is 0 Å². The van der Waals surface area contributed by atoms with Crippen LogP contribution in [0.1, 0.15) is 64.4 Å². The van der Waals surface area contributed by atoms with Crippen LogP contribution in [0, 0.1) is 0 Å². The molecule has 2 aliphatic rings. The summed E-state index contributed by atoms with van der Waals surface area (Å²) in [5.74, 6) is 0.0259. The minimum atomic E-state index is -0.547. The summed E-state index contributed by atoms with van der Waals surface area (Å²) in [5.41, 5.74) is 4.05. The molecule has 2 aliphatic heterocycles. The molecule has 32 heavy (non-hydrogen) atoms. The normalized spacial score (nSPS) is 17.6. The molecule has 5 rings (SSSR count). The van der Waals surface area contributed by atoms with Gasteiger partial charge in [-0.15, -0.1) is 0 Å². The smallest absolute Gasteiger partial charge is 0.338 e. The molecular weight excluding hydrogens is 406 g/mol. The maximum absolute atomic E-state index is 13.1. The average molecular weight is 434 g/mol. The van der Waals surface area contributed by atoms with Gasteiger partial charge in [-0.05, 0) is 41.3 Å². The molecule has 0 atom stereocenters. The van der Waals surface area contributed by atoms with E-state index in [0.717, 1.165) is 11.1 Å². The Morgan fingerprint density at radius 2 is 1.84 bits per heavy atom. The maximum Gasteiger partial charge on any atom is 0.338 e. The highest BCUT2D eigenvalue weighted by molar-refractivity contribution is 5.97. The van der Waals surface area contributed by atoms with E-state index in [1.54, 1.807) is 25.2 Å². The van der Waals surface area contributed by atoms with Crippen molar-refractivity contribution in [3.63, 3.8) is 0 Å². The van der Waals surface area contributed by atoms with Crippen LogP contribution in [-0.4, -0.2) is 45.0 Å². The quantitative estimate of drug-likeness (QED) is 0.628. The number of H-pyrrole nitrogens is 1. The Morgan fingerprint density at radius 1 is 1.09 bits per heavy atom. The first-order valence-corrected chi connectivity index (χ1v) is 11.1. The third kappa shape index (κ3) is 3.32. The van der Waals surface area contributed by atoms with E-state index in [0.29, 0.717) is 60.4 Å². The first-order valence-electron chi connectivity index (χ1n) is 11.1. The van der Waals surface area contributed by atoms with Crippen molar-refractivity contribution in [3.8, 4) is 0 Å². The Balaban J connectivity index is 1.33. The number of likely N-dealkylation sites (tertiary alicyclic amines) is 1. The van der Waals surface area contributed by atoms with Gasteiger partial charge in [0.05, 0.1) is 16.6 Å². The third-order valence-electron chi connectivity index (χ3n) is 6.96. The molecule has 7 nitrogen and oxygen atoms in total. The first-order chi connectivity index (χ1) is 15.3. The molecule has 0 saturated carbocycles. The lowest BCUT2D eigenvalue weighted by Crippen LogP contribution is -2.51. The summed E-state index contributed by atoms with van der Waals surface area (Å²) in [5, 5.41) is 0. The summed E-state index contributed by atoms with van der Waals surface area (Å²) < 4.78 is 7.47. The van der Waals surface area contributed by atoms with Gasteiger partial charge in [-0.3, -0.25) is 9.36 Å². The number of rotatable bonds is 2. The van der Waals surface area contributed by atoms with Gasteiger partial charge in [-0.1, -0.05) is 26.0 Å². The third-order valence-corrected chi connectivity index (χ3v) is 6.96. The molecule has 1 fully saturated rings. The summed E-state index contributed by atoms with van der Waals surface area (Å²) >= 11 is 0. The largest absolute Gasteiger partial charge is 0.455 e. The molecule has 0 bridgehead atoms. The van der Waals surface area contributed by atoms with Gasteiger partial charge in [-0.25, -0.2) is 9.59 Å². The lowest BCUT2D eigenvalue weighted by atomic mass is 9.80. The molecule has 7 heteroatoms. The molecule has 166 valence electrons. The molecule has 1 spiro atoms. The van der Waals surface area contributed by atoms with E-state index in [4.69, 9.17) is 4.74 Å². The zero-order chi connectivity index (χ0) is 22.6.